The number of thiophene rings is 1. The van der Waals surface area contributed by atoms with Crippen molar-refractivity contribution in [1.29, 1.82) is 0 Å². The van der Waals surface area contributed by atoms with Gasteiger partial charge in [0, 0.05) is 27.6 Å². The number of hydrogen-bond donors (Lipinski definition) is 0. The van der Waals surface area contributed by atoms with Crippen LogP contribution in [0.2, 0.25) is 0 Å². The lowest BCUT2D eigenvalue weighted by Crippen LogP contribution is -1.99. The second-order valence-corrected chi connectivity index (χ2v) is 9.39. The van der Waals surface area contributed by atoms with Gasteiger partial charge in [0.1, 0.15) is 0 Å². The summed E-state index contributed by atoms with van der Waals surface area (Å²) in [5, 5.41) is 4.09. The monoisotopic (exact) mass is 457 g/mol. The molecule has 0 spiro atoms. The smallest absolute Gasteiger partial charge is 0.228 e. The van der Waals surface area contributed by atoms with Gasteiger partial charge in [-0.2, -0.15) is 4.98 Å². The molecule has 34 heavy (non-hydrogen) atoms. The van der Waals surface area contributed by atoms with Gasteiger partial charge >= 0.3 is 0 Å². The van der Waals surface area contributed by atoms with Gasteiger partial charge in [-0.3, -0.25) is 9.59 Å². The highest BCUT2D eigenvalue weighted by Crippen LogP contribution is 2.36. The zero-order chi connectivity index (χ0) is 22.8. The molecular weight excluding hydrogens is 442 g/mol. The molecule has 0 radical (unpaired) electrons. The number of benzene rings is 4. The maximum atomic E-state index is 13.0. The molecule has 0 saturated heterocycles. The van der Waals surface area contributed by atoms with Crippen LogP contribution in [-0.2, 0) is 0 Å². The minimum Gasteiger partial charge on any atom is -0.435 e. The van der Waals surface area contributed by atoms with E-state index in [1.54, 1.807) is 6.08 Å². The molecule has 0 aliphatic heterocycles. The van der Waals surface area contributed by atoms with E-state index in [1.807, 2.05) is 66.7 Å². The summed E-state index contributed by atoms with van der Waals surface area (Å²) in [5.74, 6) is 0.0877. The van der Waals surface area contributed by atoms with Gasteiger partial charge in [0.15, 0.2) is 22.0 Å². The number of aromatic nitrogens is 1. The minimum absolute atomic E-state index is 0.184. The fourth-order valence-corrected chi connectivity index (χ4v) is 5.53. The quantitative estimate of drug-likeness (QED) is 0.202. The highest BCUT2D eigenvalue weighted by molar-refractivity contribution is 7.19. The molecule has 5 heteroatoms. The number of hydrogen-bond acceptors (Lipinski definition) is 5. The third-order valence-corrected chi connectivity index (χ3v) is 7.24. The predicted molar refractivity (Wildman–Crippen MR) is 135 cm³/mol. The summed E-state index contributed by atoms with van der Waals surface area (Å²) in [6.07, 6.45) is 1.66. The predicted octanol–water partition coefficient (Wildman–Crippen LogP) is 7.33. The lowest BCUT2D eigenvalue weighted by molar-refractivity contribution is 0.0990. The van der Waals surface area contributed by atoms with E-state index in [9.17, 15) is 9.59 Å². The van der Waals surface area contributed by atoms with E-state index in [0.29, 0.717) is 22.6 Å². The average molecular weight is 458 g/mol. The van der Waals surface area contributed by atoms with Crippen LogP contribution in [0.4, 0.5) is 0 Å². The van der Waals surface area contributed by atoms with Gasteiger partial charge < -0.3 is 4.42 Å². The Morgan fingerprint density at radius 3 is 2.06 bits per heavy atom. The van der Waals surface area contributed by atoms with E-state index in [0.717, 1.165) is 36.8 Å². The van der Waals surface area contributed by atoms with E-state index in [-0.39, 0.29) is 17.1 Å². The Morgan fingerprint density at radius 1 is 0.706 bits per heavy atom. The van der Waals surface area contributed by atoms with Gasteiger partial charge in [0.2, 0.25) is 5.89 Å². The molecule has 0 bridgehead atoms. The summed E-state index contributed by atoms with van der Waals surface area (Å²) in [4.78, 5) is 32.3. The third kappa shape index (κ3) is 2.81. The Hall–Kier alpha value is -4.35. The van der Waals surface area contributed by atoms with Crippen molar-refractivity contribution in [1.82, 2.24) is 4.98 Å². The molecule has 6 aromatic rings. The van der Waals surface area contributed by atoms with Crippen molar-refractivity contribution in [3.05, 3.63) is 107 Å². The molecule has 1 aliphatic carbocycles. The van der Waals surface area contributed by atoms with E-state index >= 15 is 0 Å². The topological polar surface area (TPSA) is 60.2 Å². The van der Waals surface area contributed by atoms with E-state index < -0.39 is 0 Å². The highest BCUT2D eigenvalue weighted by Gasteiger charge is 2.33. The van der Waals surface area contributed by atoms with Crippen molar-refractivity contribution in [3.63, 3.8) is 0 Å². The Morgan fingerprint density at radius 2 is 1.35 bits per heavy atom. The molecular formula is C29H15NO3S. The van der Waals surface area contributed by atoms with Crippen LogP contribution in [-0.4, -0.2) is 16.6 Å². The summed E-state index contributed by atoms with van der Waals surface area (Å²) in [7, 11) is 0. The van der Waals surface area contributed by atoms with Crippen molar-refractivity contribution in [2.45, 2.75) is 0 Å². The van der Waals surface area contributed by atoms with Crippen LogP contribution >= 0.6 is 11.3 Å². The van der Waals surface area contributed by atoms with Crippen LogP contribution in [0.1, 0.15) is 25.6 Å². The second kappa shape index (κ2) is 7.07. The highest BCUT2D eigenvalue weighted by atomic mass is 32.1. The van der Waals surface area contributed by atoms with Crippen LogP contribution in [0.25, 0.3) is 49.5 Å². The molecule has 4 nitrogen and oxygen atoms in total. The van der Waals surface area contributed by atoms with Crippen molar-refractivity contribution in [3.8, 4) is 11.5 Å². The van der Waals surface area contributed by atoms with Gasteiger partial charge in [0.05, 0.1) is 5.57 Å². The number of fused-ring (bicyclic) bond motifs is 4. The first-order chi connectivity index (χ1) is 16.7. The Labute approximate surface area is 197 Å². The van der Waals surface area contributed by atoms with Crippen molar-refractivity contribution in [2.24, 2.45) is 0 Å². The number of carbonyl (C=O) groups is 2. The third-order valence-electron chi connectivity index (χ3n) is 6.28. The van der Waals surface area contributed by atoms with Gasteiger partial charge in [-0.05, 0) is 45.8 Å². The van der Waals surface area contributed by atoms with Crippen LogP contribution in [0.3, 0.4) is 0 Å². The molecule has 0 atom stereocenters. The molecule has 160 valence electrons. The number of oxazole rings is 1. The first-order valence-corrected chi connectivity index (χ1v) is 11.7. The van der Waals surface area contributed by atoms with Gasteiger partial charge in [0.25, 0.3) is 0 Å². The molecule has 0 saturated carbocycles. The van der Waals surface area contributed by atoms with Crippen LogP contribution in [0.15, 0.2) is 94.9 Å². The first kappa shape index (κ1) is 19.1. The standard InChI is InChI=1S/C29H15NO3S/c31-26-22-12-17-7-1-2-8-18(17)13-23(22)27(32)24(26)14-19-15-25-29(34-19)30-28(33-25)21-11-5-9-16-6-3-4-10-20(16)21/h1-15H. The number of Topliss-reactive ketones (excluding diaryl/α,β-unsaturated/α-hetero) is 2. The Bertz CT molecular complexity index is 1760. The van der Waals surface area contributed by atoms with Crippen LogP contribution < -0.4 is 0 Å². The van der Waals surface area contributed by atoms with Gasteiger partial charge in [-0.25, -0.2) is 0 Å². The lowest BCUT2D eigenvalue weighted by atomic mass is 10.0. The molecule has 0 amide bonds. The molecule has 2 heterocycles. The molecule has 1 aliphatic rings. The average Bonchev–Trinajstić information content (AvgIpc) is 3.50. The summed E-state index contributed by atoms with van der Waals surface area (Å²) >= 11 is 1.41. The number of rotatable bonds is 2. The lowest BCUT2D eigenvalue weighted by Gasteiger charge is -2.02. The number of ketones is 2. The van der Waals surface area contributed by atoms with Crippen LogP contribution in [0.5, 0.6) is 0 Å². The Balaban J connectivity index is 1.28. The van der Waals surface area contributed by atoms with Gasteiger partial charge in [-0.15, -0.1) is 11.3 Å². The minimum atomic E-state index is -0.236. The molecule has 0 fully saturated rings. The maximum absolute atomic E-state index is 13.0. The number of allylic oxidation sites excluding steroid dienone is 1. The zero-order valence-corrected chi connectivity index (χ0v) is 18.6. The summed E-state index contributed by atoms with van der Waals surface area (Å²) in [6.45, 7) is 0. The number of carbonyl (C=O) groups excluding carboxylic acids is 2. The fourth-order valence-electron chi connectivity index (χ4n) is 4.63. The molecule has 2 aromatic heterocycles. The molecule has 4 aromatic carbocycles. The first-order valence-electron chi connectivity index (χ1n) is 10.9. The van der Waals surface area contributed by atoms with E-state index in [1.165, 1.54) is 11.3 Å². The van der Waals surface area contributed by atoms with Crippen molar-refractivity contribution < 1.29 is 14.0 Å². The molecule has 0 unspecified atom stereocenters. The largest absolute Gasteiger partial charge is 0.435 e. The SMILES string of the molecule is O=C1C(=Cc2cc3oc(-c4cccc5ccccc45)nc3s2)C(=O)c2cc3ccccc3cc21. The van der Waals surface area contributed by atoms with Gasteiger partial charge in [-0.1, -0.05) is 60.7 Å². The van der Waals surface area contributed by atoms with E-state index in [4.69, 9.17) is 9.40 Å². The summed E-state index contributed by atoms with van der Waals surface area (Å²) in [5.41, 5.74) is 2.69. The summed E-state index contributed by atoms with van der Waals surface area (Å²) in [6, 6.07) is 27.4. The Kier molecular flexibility index (Phi) is 3.98. The normalized spacial score (nSPS) is 13.4. The number of nitrogens with zero attached hydrogens (tertiary/aromatic N) is 1. The molecule has 7 rings (SSSR count). The van der Waals surface area contributed by atoms with Crippen LogP contribution in [0, 0.1) is 0 Å². The maximum Gasteiger partial charge on any atom is 0.228 e. The zero-order valence-electron chi connectivity index (χ0n) is 17.7. The fraction of sp³-hybridized carbons (Fsp3) is 0. The van der Waals surface area contributed by atoms with E-state index in [2.05, 4.69) is 18.2 Å². The summed E-state index contributed by atoms with van der Waals surface area (Å²) < 4.78 is 6.08. The van der Waals surface area contributed by atoms with Crippen molar-refractivity contribution in [2.75, 3.05) is 0 Å². The van der Waals surface area contributed by atoms with Crippen molar-refractivity contribution >= 4 is 60.9 Å². The molecule has 0 N–H and O–H groups in total. The second-order valence-electron chi connectivity index (χ2n) is 8.33.